The molecular weight excluding hydrogens is 353 g/mol. The number of benzene rings is 2. The van der Waals surface area contributed by atoms with Gasteiger partial charge in [-0.25, -0.2) is 4.39 Å². The molecule has 0 aliphatic carbocycles. The molecule has 1 atom stereocenters. The molecular formula is C20H22FNO5. The molecule has 0 aromatic heterocycles. The Morgan fingerprint density at radius 1 is 1.04 bits per heavy atom. The molecule has 0 saturated heterocycles. The summed E-state index contributed by atoms with van der Waals surface area (Å²) in [5, 5.41) is 2.55. The molecule has 1 amide bonds. The van der Waals surface area contributed by atoms with Crippen molar-refractivity contribution in [2.24, 2.45) is 0 Å². The number of hydrogen-bond donors (Lipinski definition) is 1. The van der Waals surface area contributed by atoms with Crippen LogP contribution in [0.1, 0.15) is 19.8 Å². The van der Waals surface area contributed by atoms with E-state index in [0.29, 0.717) is 24.5 Å². The Hall–Kier alpha value is -3.09. The van der Waals surface area contributed by atoms with E-state index in [1.165, 1.54) is 31.2 Å². The highest BCUT2D eigenvalue weighted by atomic mass is 19.1. The number of methoxy groups -OCH3 is 1. The van der Waals surface area contributed by atoms with Gasteiger partial charge in [0.05, 0.1) is 13.7 Å². The molecule has 0 fully saturated rings. The zero-order valence-electron chi connectivity index (χ0n) is 15.2. The van der Waals surface area contributed by atoms with Gasteiger partial charge in [-0.15, -0.1) is 0 Å². The molecule has 0 unspecified atom stereocenters. The molecule has 0 saturated carbocycles. The van der Waals surface area contributed by atoms with Crippen LogP contribution in [0.4, 0.5) is 10.1 Å². The van der Waals surface area contributed by atoms with Crippen LogP contribution in [-0.2, 0) is 14.3 Å². The van der Waals surface area contributed by atoms with E-state index in [1.807, 2.05) is 0 Å². The maximum Gasteiger partial charge on any atom is 0.306 e. The second-order valence-electron chi connectivity index (χ2n) is 5.76. The van der Waals surface area contributed by atoms with Gasteiger partial charge >= 0.3 is 5.97 Å². The zero-order valence-corrected chi connectivity index (χ0v) is 15.2. The van der Waals surface area contributed by atoms with Crippen LogP contribution in [0, 0.1) is 5.82 Å². The fraction of sp³-hybridized carbons (Fsp3) is 0.300. The number of hydrogen-bond acceptors (Lipinski definition) is 5. The summed E-state index contributed by atoms with van der Waals surface area (Å²) in [7, 11) is 1.59. The molecule has 144 valence electrons. The van der Waals surface area contributed by atoms with Crippen molar-refractivity contribution < 1.29 is 28.2 Å². The van der Waals surface area contributed by atoms with Crippen LogP contribution in [0.2, 0.25) is 0 Å². The smallest absolute Gasteiger partial charge is 0.306 e. The Morgan fingerprint density at radius 2 is 1.67 bits per heavy atom. The first-order valence-electron chi connectivity index (χ1n) is 8.50. The molecule has 0 heterocycles. The third-order valence-electron chi connectivity index (χ3n) is 3.64. The minimum atomic E-state index is -0.954. The predicted molar refractivity (Wildman–Crippen MR) is 98.3 cm³/mol. The number of ether oxygens (including phenoxy) is 3. The number of esters is 1. The average Bonchev–Trinajstić information content (AvgIpc) is 2.67. The quantitative estimate of drug-likeness (QED) is 0.536. The third-order valence-corrected chi connectivity index (χ3v) is 3.64. The first kappa shape index (κ1) is 20.2. The summed E-state index contributed by atoms with van der Waals surface area (Å²) in [5.41, 5.74) is 0.428. The maximum absolute atomic E-state index is 12.8. The molecule has 2 aromatic rings. The highest BCUT2D eigenvalue weighted by molar-refractivity contribution is 5.95. The summed E-state index contributed by atoms with van der Waals surface area (Å²) in [6, 6.07) is 12.4. The van der Waals surface area contributed by atoms with E-state index in [2.05, 4.69) is 5.32 Å². The molecule has 2 rings (SSSR count). The van der Waals surface area contributed by atoms with Crippen molar-refractivity contribution in [3.63, 3.8) is 0 Å². The molecule has 27 heavy (non-hydrogen) atoms. The van der Waals surface area contributed by atoms with Gasteiger partial charge in [0, 0.05) is 12.1 Å². The second kappa shape index (κ2) is 10.2. The van der Waals surface area contributed by atoms with E-state index in [4.69, 9.17) is 14.2 Å². The molecule has 6 nitrogen and oxygen atoms in total. The van der Waals surface area contributed by atoms with Crippen LogP contribution in [0.3, 0.4) is 0 Å². The van der Waals surface area contributed by atoms with E-state index < -0.39 is 23.8 Å². The van der Waals surface area contributed by atoms with Crippen molar-refractivity contribution in [1.82, 2.24) is 0 Å². The molecule has 0 aliphatic heterocycles. The van der Waals surface area contributed by atoms with Crippen LogP contribution in [0.5, 0.6) is 11.5 Å². The van der Waals surface area contributed by atoms with Crippen molar-refractivity contribution in [2.45, 2.75) is 25.9 Å². The van der Waals surface area contributed by atoms with E-state index >= 15 is 0 Å². The van der Waals surface area contributed by atoms with Crippen LogP contribution in [0.15, 0.2) is 48.5 Å². The summed E-state index contributed by atoms with van der Waals surface area (Å²) in [6.45, 7) is 1.82. The Kier molecular flexibility index (Phi) is 7.61. The van der Waals surface area contributed by atoms with Gasteiger partial charge in [-0.2, -0.15) is 0 Å². The van der Waals surface area contributed by atoms with Crippen molar-refractivity contribution >= 4 is 17.6 Å². The van der Waals surface area contributed by atoms with Crippen molar-refractivity contribution in [3.05, 3.63) is 54.3 Å². The molecule has 0 spiro atoms. The summed E-state index contributed by atoms with van der Waals surface area (Å²) in [4.78, 5) is 23.8. The van der Waals surface area contributed by atoms with Gasteiger partial charge in [-0.1, -0.05) is 0 Å². The van der Waals surface area contributed by atoms with Crippen LogP contribution >= 0.6 is 0 Å². The normalized spacial score (nSPS) is 11.4. The minimum absolute atomic E-state index is 0.129. The highest BCUT2D eigenvalue weighted by Crippen LogP contribution is 2.17. The van der Waals surface area contributed by atoms with E-state index in [0.717, 1.165) is 5.75 Å². The van der Waals surface area contributed by atoms with Gasteiger partial charge < -0.3 is 19.5 Å². The number of nitrogens with one attached hydrogen (secondary N) is 1. The molecule has 1 N–H and O–H groups in total. The molecule has 7 heteroatoms. The first-order chi connectivity index (χ1) is 13.0. The Balaban J connectivity index is 1.66. The van der Waals surface area contributed by atoms with Gasteiger partial charge in [0.1, 0.15) is 17.3 Å². The van der Waals surface area contributed by atoms with E-state index in [9.17, 15) is 14.0 Å². The van der Waals surface area contributed by atoms with Gasteiger partial charge in [-0.3, -0.25) is 9.59 Å². The van der Waals surface area contributed by atoms with Gasteiger partial charge in [0.15, 0.2) is 6.10 Å². The second-order valence-corrected chi connectivity index (χ2v) is 5.76. The highest BCUT2D eigenvalue weighted by Gasteiger charge is 2.17. The number of carbonyl (C=O) groups excluding carboxylic acids is 2. The minimum Gasteiger partial charge on any atom is -0.497 e. The number of rotatable bonds is 9. The topological polar surface area (TPSA) is 73.9 Å². The Bertz CT molecular complexity index is 746. The number of carbonyl (C=O) groups is 2. The van der Waals surface area contributed by atoms with Crippen LogP contribution in [0.25, 0.3) is 0 Å². The Labute approximate surface area is 157 Å². The van der Waals surface area contributed by atoms with Gasteiger partial charge in [-0.05, 0) is 61.9 Å². The summed E-state index contributed by atoms with van der Waals surface area (Å²) in [5.74, 6) is 0.0407. The lowest BCUT2D eigenvalue weighted by molar-refractivity contribution is -0.153. The standard InChI is InChI=1S/C20H22FNO5/c1-14(20(24)22-16-7-5-15(21)6-8-16)27-19(23)4-3-13-26-18-11-9-17(25-2)10-12-18/h5-12,14H,3-4,13H2,1-2H3,(H,22,24)/t14-/m1/s1. The zero-order chi connectivity index (χ0) is 19.6. The summed E-state index contributed by atoms with van der Waals surface area (Å²) >= 11 is 0. The van der Waals surface area contributed by atoms with Crippen LogP contribution in [-0.4, -0.2) is 31.7 Å². The molecule has 2 aromatic carbocycles. The maximum atomic E-state index is 12.8. The Morgan fingerprint density at radius 3 is 2.30 bits per heavy atom. The van der Waals surface area contributed by atoms with Gasteiger partial charge in [0.25, 0.3) is 5.91 Å². The van der Waals surface area contributed by atoms with Crippen LogP contribution < -0.4 is 14.8 Å². The molecule has 0 aliphatic rings. The number of amides is 1. The van der Waals surface area contributed by atoms with Crippen molar-refractivity contribution in [2.75, 3.05) is 19.0 Å². The van der Waals surface area contributed by atoms with Gasteiger partial charge in [0.2, 0.25) is 0 Å². The van der Waals surface area contributed by atoms with Crippen molar-refractivity contribution in [1.29, 1.82) is 0 Å². The fourth-order valence-electron chi connectivity index (χ4n) is 2.17. The lowest BCUT2D eigenvalue weighted by atomic mass is 10.3. The third kappa shape index (κ3) is 6.97. The molecule has 0 radical (unpaired) electrons. The van der Waals surface area contributed by atoms with E-state index in [-0.39, 0.29) is 6.42 Å². The predicted octanol–water partition coefficient (Wildman–Crippen LogP) is 3.56. The fourth-order valence-corrected chi connectivity index (χ4v) is 2.17. The number of halogens is 1. The SMILES string of the molecule is COc1ccc(OCCCC(=O)O[C@H](C)C(=O)Nc2ccc(F)cc2)cc1. The monoisotopic (exact) mass is 375 g/mol. The first-order valence-corrected chi connectivity index (χ1v) is 8.50. The van der Waals surface area contributed by atoms with Crippen molar-refractivity contribution in [3.8, 4) is 11.5 Å². The number of anilines is 1. The lowest BCUT2D eigenvalue weighted by Gasteiger charge is -2.13. The summed E-state index contributed by atoms with van der Waals surface area (Å²) < 4.78 is 28.5. The largest absolute Gasteiger partial charge is 0.497 e. The average molecular weight is 375 g/mol. The lowest BCUT2D eigenvalue weighted by Crippen LogP contribution is -2.30. The van der Waals surface area contributed by atoms with E-state index in [1.54, 1.807) is 31.4 Å². The molecule has 0 bridgehead atoms. The summed E-state index contributed by atoms with van der Waals surface area (Å²) in [6.07, 6.45) is -0.369.